The van der Waals surface area contributed by atoms with Gasteiger partial charge >= 0.3 is 0 Å². The Hall–Kier alpha value is -1.38. The molecule has 2 nitrogen and oxygen atoms in total. The van der Waals surface area contributed by atoms with Gasteiger partial charge in [-0.1, -0.05) is 36.4 Å². The molecule has 122 valence electrons. The molecule has 22 heavy (non-hydrogen) atoms. The van der Waals surface area contributed by atoms with Gasteiger partial charge in [0, 0.05) is 38.3 Å². The standard InChI is InChI=1S/C20H32N2/c1-7-13-21(14-8-2)15-19-9-11-20(12-10-19)16-22(17(3)4)18(5)6/h7-12,17-18H,1-2,13-16H2,3-6H3. The lowest BCUT2D eigenvalue weighted by atomic mass is 10.1. The van der Waals surface area contributed by atoms with Crippen LogP contribution >= 0.6 is 0 Å². The smallest absolute Gasteiger partial charge is 0.0240 e. The van der Waals surface area contributed by atoms with Crippen LogP contribution in [-0.4, -0.2) is 35.0 Å². The zero-order valence-corrected chi connectivity index (χ0v) is 14.8. The fourth-order valence-corrected chi connectivity index (χ4v) is 2.75. The third-order valence-electron chi connectivity index (χ3n) is 3.90. The average Bonchev–Trinajstić information content (AvgIpc) is 2.46. The molecule has 1 aromatic rings. The van der Waals surface area contributed by atoms with Gasteiger partial charge in [-0.2, -0.15) is 0 Å². The third-order valence-corrected chi connectivity index (χ3v) is 3.90. The number of benzene rings is 1. The molecular formula is C20H32N2. The first-order chi connectivity index (χ1) is 10.5. The monoisotopic (exact) mass is 300 g/mol. The number of rotatable bonds is 10. The predicted octanol–water partition coefficient (Wildman–Crippen LogP) is 4.48. The van der Waals surface area contributed by atoms with Crippen molar-refractivity contribution in [2.75, 3.05) is 13.1 Å². The SMILES string of the molecule is C=CCN(CC=C)Cc1ccc(CN(C(C)C)C(C)C)cc1. The molecule has 0 atom stereocenters. The molecule has 0 saturated carbocycles. The van der Waals surface area contributed by atoms with Gasteiger partial charge in [-0.3, -0.25) is 9.80 Å². The zero-order chi connectivity index (χ0) is 16.5. The van der Waals surface area contributed by atoms with Crippen molar-refractivity contribution < 1.29 is 0 Å². The van der Waals surface area contributed by atoms with Gasteiger partial charge in [0.05, 0.1) is 0 Å². The Labute approximate surface area is 137 Å². The van der Waals surface area contributed by atoms with E-state index in [1.54, 1.807) is 0 Å². The minimum atomic E-state index is 0.565. The molecule has 2 heteroatoms. The molecule has 0 saturated heterocycles. The Balaban J connectivity index is 2.69. The summed E-state index contributed by atoms with van der Waals surface area (Å²) in [6.07, 6.45) is 3.89. The molecule has 1 rings (SSSR count). The van der Waals surface area contributed by atoms with Crippen LogP contribution in [0.2, 0.25) is 0 Å². The number of hydrogen-bond donors (Lipinski definition) is 0. The van der Waals surface area contributed by atoms with Gasteiger partial charge in [0.25, 0.3) is 0 Å². The summed E-state index contributed by atoms with van der Waals surface area (Å²) in [6.45, 7) is 20.4. The molecule has 0 fully saturated rings. The topological polar surface area (TPSA) is 6.48 Å². The average molecular weight is 300 g/mol. The van der Waals surface area contributed by atoms with Gasteiger partial charge in [-0.15, -0.1) is 13.2 Å². The highest BCUT2D eigenvalue weighted by Gasteiger charge is 2.13. The van der Waals surface area contributed by atoms with E-state index in [4.69, 9.17) is 0 Å². The molecule has 1 aromatic carbocycles. The lowest BCUT2D eigenvalue weighted by Crippen LogP contribution is -2.36. The lowest BCUT2D eigenvalue weighted by molar-refractivity contribution is 0.166. The maximum atomic E-state index is 3.82. The van der Waals surface area contributed by atoms with Gasteiger partial charge in [0.2, 0.25) is 0 Å². The largest absolute Gasteiger partial charge is 0.294 e. The Bertz CT molecular complexity index is 427. The first kappa shape index (κ1) is 18.7. The van der Waals surface area contributed by atoms with Crippen LogP contribution < -0.4 is 0 Å². The summed E-state index contributed by atoms with van der Waals surface area (Å²) < 4.78 is 0. The van der Waals surface area contributed by atoms with E-state index in [0.717, 1.165) is 26.2 Å². The van der Waals surface area contributed by atoms with E-state index in [0.29, 0.717) is 12.1 Å². The van der Waals surface area contributed by atoms with Gasteiger partial charge < -0.3 is 0 Å². The summed E-state index contributed by atoms with van der Waals surface area (Å²) in [5.74, 6) is 0. The van der Waals surface area contributed by atoms with Crippen molar-refractivity contribution in [3.63, 3.8) is 0 Å². The molecule has 0 aliphatic rings. The lowest BCUT2D eigenvalue weighted by Gasteiger charge is -2.30. The molecule has 0 radical (unpaired) electrons. The second kappa shape index (κ2) is 9.60. The van der Waals surface area contributed by atoms with Crippen molar-refractivity contribution in [2.24, 2.45) is 0 Å². The quantitative estimate of drug-likeness (QED) is 0.588. The highest BCUT2D eigenvalue weighted by atomic mass is 15.2. The zero-order valence-electron chi connectivity index (χ0n) is 14.8. The first-order valence-electron chi connectivity index (χ1n) is 8.25. The van der Waals surface area contributed by atoms with Crippen LogP contribution in [-0.2, 0) is 13.1 Å². The van der Waals surface area contributed by atoms with Crippen molar-refractivity contribution in [1.29, 1.82) is 0 Å². The first-order valence-corrected chi connectivity index (χ1v) is 8.25. The molecule has 0 N–H and O–H groups in total. The highest BCUT2D eigenvalue weighted by molar-refractivity contribution is 5.22. The van der Waals surface area contributed by atoms with Crippen LogP contribution in [0.15, 0.2) is 49.6 Å². The molecular weight excluding hydrogens is 268 g/mol. The Morgan fingerprint density at radius 1 is 0.818 bits per heavy atom. The second-order valence-electron chi connectivity index (χ2n) is 6.45. The summed E-state index contributed by atoms with van der Waals surface area (Å²) in [4.78, 5) is 4.83. The number of nitrogens with zero attached hydrogens (tertiary/aromatic N) is 2. The molecule has 0 aliphatic heterocycles. The van der Waals surface area contributed by atoms with E-state index >= 15 is 0 Å². The predicted molar refractivity (Wildman–Crippen MR) is 97.9 cm³/mol. The van der Waals surface area contributed by atoms with Crippen LogP contribution in [0.4, 0.5) is 0 Å². The molecule has 0 aliphatic carbocycles. The van der Waals surface area contributed by atoms with E-state index < -0.39 is 0 Å². The Kier molecular flexibility index (Phi) is 8.15. The maximum absolute atomic E-state index is 3.82. The molecule has 0 bridgehead atoms. The van der Waals surface area contributed by atoms with Crippen LogP contribution in [0.25, 0.3) is 0 Å². The van der Waals surface area contributed by atoms with E-state index in [1.807, 2.05) is 12.2 Å². The van der Waals surface area contributed by atoms with Crippen LogP contribution in [0.5, 0.6) is 0 Å². The summed E-state index contributed by atoms with van der Waals surface area (Å²) in [5, 5.41) is 0. The van der Waals surface area contributed by atoms with Crippen LogP contribution in [0, 0.1) is 0 Å². The Morgan fingerprint density at radius 2 is 1.23 bits per heavy atom. The van der Waals surface area contributed by atoms with E-state index in [-0.39, 0.29) is 0 Å². The highest BCUT2D eigenvalue weighted by Crippen LogP contribution is 2.14. The van der Waals surface area contributed by atoms with Gasteiger partial charge in [-0.05, 0) is 38.8 Å². The summed E-state index contributed by atoms with van der Waals surface area (Å²) in [7, 11) is 0. The van der Waals surface area contributed by atoms with E-state index in [1.165, 1.54) is 11.1 Å². The van der Waals surface area contributed by atoms with Crippen LogP contribution in [0.1, 0.15) is 38.8 Å². The van der Waals surface area contributed by atoms with Crippen molar-refractivity contribution in [1.82, 2.24) is 9.80 Å². The molecule has 0 amide bonds. The van der Waals surface area contributed by atoms with Crippen molar-refractivity contribution in [3.8, 4) is 0 Å². The fourth-order valence-electron chi connectivity index (χ4n) is 2.75. The van der Waals surface area contributed by atoms with Crippen LogP contribution in [0.3, 0.4) is 0 Å². The van der Waals surface area contributed by atoms with Crippen molar-refractivity contribution in [2.45, 2.75) is 52.9 Å². The van der Waals surface area contributed by atoms with E-state index in [9.17, 15) is 0 Å². The maximum Gasteiger partial charge on any atom is 0.0240 e. The molecule has 0 heterocycles. The third kappa shape index (κ3) is 6.17. The van der Waals surface area contributed by atoms with Gasteiger partial charge in [-0.25, -0.2) is 0 Å². The number of hydrogen-bond acceptors (Lipinski definition) is 2. The van der Waals surface area contributed by atoms with Gasteiger partial charge in [0.1, 0.15) is 0 Å². The summed E-state index contributed by atoms with van der Waals surface area (Å²) in [5.41, 5.74) is 2.72. The molecule has 0 unspecified atom stereocenters. The minimum absolute atomic E-state index is 0.565. The molecule has 0 spiro atoms. The van der Waals surface area contributed by atoms with E-state index in [2.05, 4.69) is 74.9 Å². The fraction of sp³-hybridized carbons (Fsp3) is 0.500. The normalized spacial score (nSPS) is 11.6. The van der Waals surface area contributed by atoms with Crippen molar-refractivity contribution in [3.05, 3.63) is 60.7 Å². The molecule has 0 aromatic heterocycles. The second-order valence-corrected chi connectivity index (χ2v) is 6.45. The Morgan fingerprint density at radius 3 is 1.59 bits per heavy atom. The minimum Gasteiger partial charge on any atom is -0.294 e. The summed E-state index contributed by atoms with van der Waals surface area (Å²) >= 11 is 0. The van der Waals surface area contributed by atoms with Crippen molar-refractivity contribution >= 4 is 0 Å². The summed E-state index contributed by atoms with van der Waals surface area (Å²) in [6, 6.07) is 10.1. The van der Waals surface area contributed by atoms with Gasteiger partial charge in [0.15, 0.2) is 0 Å².